The van der Waals surface area contributed by atoms with Crippen LogP contribution in [0.5, 0.6) is 5.75 Å². The number of pyridine rings is 1. The maximum absolute atomic E-state index is 9.71. The lowest BCUT2D eigenvalue weighted by Gasteiger charge is -2.13. The third-order valence-corrected chi connectivity index (χ3v) is 2.41. The number of benzene rings is 1. The lowest BCUT2D eigenvalue weighted by molar-refractivity contribution is 0.196. The van der Waals surface area contributed by atoms with Crippen molar-refractivity contribution in [2.75, 3.05) is 7.11 Å². The molecule has 1 aromatic carbocycles. The van der Waals surface area contributed by atoms with Crippen LogP contribution in [0.3, 0.4) is 0 Å². The molecule has 3 heteroatoms. The van der Waals surface area contributed by atoms with Crippen molar-refractivity contribution in [1.82, 2.24) is 4.98 Å². The van der Waals surface area contributed by atoms with Gasteiger partial charge in [0.05, 0.1) is 18.7 Å². The fourth-order valence-electron chi connectivity index (χ4n) is 1.73. The summed E-state index contributed by atoms with van der Waals surface area (Å²) in [6.07, 6.45) is 1.13. The lowest BCUT2D eigenvalue weighted by atomic mass is 10.0. The number of nitrogens with zero attached hydrogens (tertiary/aromatic N) is 1. The number of aliphatic hydroxyl groups is 1. The third-order valence-electron chi connectivity index (χ3n) is 2.41. The molecule has 2 rings (SSSR count). The van der Waals surface area contributed by atoms with Gasteiger partial charge in [0.25, 0.3) is 0 Å². The first-order valence-electron chi connectivity index (χ1n) is 4.83. The first kappa shape index (κ1) is 9.93. The van der Waals surface area contributed by atoms with Gasteiger partial charge in [0.2, 0.25) is 0 Å². The van der Waals surface area contributed by atoms with Crippen molar-refractivity contribution in [3.05, 3.63) is 36.0 Å². The van der Waals surface area contributed by atoms with E-state index in [0.29, 0.717) is 5.75 Å². The predicted octanol–water partition coefficient (Wildman–Crippen LogP) is 2.30. The van der Waals surface area contributed by atoms with Crippen LogP contribution in [0.1, 0.15) is 18.6 Å². The van der Waals surface area contributed by atoms with Crippen LogP contribution in [-0.2, 0) is 0 Å². The first-order chi connectivity index (χ1) is 7.24. The zero-order valence-corrected chi connectivity index (χ0v) is 8.77. The van der Waals surface area contributed by atoms with Gasteiger partial charge in [-0.3, -0.25) is 4.98 Å². The van der Waals surface area contributed by atoms with Gasteiger partial charge in [-0.25, -0.2) is 0 Å². The molecule has 0 radical (unpaired) electrons. The van der Waals surface area contributed by atoms with Crippen LogP contribution in [-0.4, -0.2) is 17.2 Å². The number of fused-ring (bicyclic) bond motifs is 1. The van der Waals surface area contributed by atoms with Crippen LogP contribution in [0.2, 0.25) is 0 Å². The van der Waals surface area contributed by atoms with Gasteiger partial charge in [-0.2, -0.15) is 0 Å². The summed E-state index contributed by atoms with van der Waals surface area (Å²) < 4.78 is 5.21. The van der Waals surface area contributed by atoms with Crippen LogP contribution in [0.25, 0.3) is 10.9 Å². The van der Waals surface area contributed by atoms with Gasteiger partial charge in [-0.15, -0.1) is 0 Å². The van der Waals surface area contributed by atoms with E-state index < -0.39 is 6.10 Å². The maximum atomic E-state index is 9.71. The van der Waals surface area contributed by atoms with Crippen molar-refractivity contribution < 1.29 is 9.84 Å². The summed E-state index contributed by atoms with van der Waals surface area (Å²) in [6.45, 7) is 1.71. The molecule has 1 atom stereocenters. The molecule has 0 saturated carbocycles. The number of aromatic nitrogens is 1. The summed E-state index contributed by atoms with van der Waals surface area (Å²) >= 11 is 0. The smallest absolute Gasteiger partial charge is 0.126 e. The molecule has 0 bridgehead atoms. The molecule has 0 amide bonds. The van der Waals surface area contributed by atoms with E-state index in [1.54, 1.807) is 20.2 Å². The highest BCUT2D eigenvalue weighted by atomic mass is 16.5. The Morgan fingerprint density at radius 1 is 1.33 bits per heavy atom. The highest BCUT2D eigenvalue weighted by Gasteiger charge is 2.13. The molecule has 1 aromatic heterocycles. The van der Waals surface area contributed by atoms with Crippen LogP contribution >= 0.6 is 0 Å². The Kier molecular flexibility index (Phi) is 2.56. The van der Waals surface area contributed by atoms with E-state index in [1.807, 2.05) is 24.3 Å². The second kappa shape index (κ2) is 3.87. The van der Waals surface area contributed by atoms with E-state index in [9.17, 15) is 5.11 Å². The summed E-state index contributed by atoms with van der Waals surface area (Å²) in [5.74, 6) is 0.677. The van der Waals surface area contributed by atoms with E-state index in [4.69, 9.17) is 4.74 Å². The molecule has 0 saturated heterocycles. The largest absolute Gasteiger partial charge is 0.496 e. The molecular weight excluding hydrogens is 190 g/mol. The van der Waals surface area contributed by atoms with Crippen LogP contribution in [0.4, 0.5) is 0 Å². The maximum Gasteiger partial charge on any atom is 0.126 e. The minimum Gasteiger partial charge on any atom is -0.496 e. The summed E-state index contributed by atoms with van der Waals surface area (Å²) in [4.78, 5) is 4.27. The van der Waals surface area contributed by atoms with E-state index in [0.717, 1.165) is 16.5 Å². The van der Waals surface area contributed by atoms with Gasteiger partial charge in [0.15, 0.2) is 0 Å². The van der Waals surface area contributed by atoms with Gasteiger partial charge in [0.1, 0.15) is 5.75 Å². The van der Waals surface area contributed by atoms with Crippen LogP contribution in [0, 0.1) is 0 Å². The molecule has 2 aromatic rings. The van der Waals surface area contributed by atoms with Crippen molar-refractivity contribution in [2.24, 2.45) is 0 Å². The summed E-state index contributed by atoms with van der Waals surface area (Å²) in [5, 5.41) is 10.7. The molecular formula is C12H13NO2. The van der Waals surface area contributed by atoms with Crippen LogP contribution in [0.15, 0.2) is 30.5 Å². The highest BCUT2D eigenvalue weighted by Crippen LogP contribution is 2.31. The Morgan fingerprint density at radius 3 is 2.80 bits per heavy atom. The predicted molar refractivity (Wildman–Crippen MR) is 58.9 cm³/mol. The molecule has 0 aliphatic rings. The number of aliphatic hydroxyl groups excluding tert-OH is 1. The number of ether oxygens (including phenoxy) is 1. The van der Waals surface area contributed by atoms with E-state index >= 15 is 0 Å². The second-order valence-corrected chi connectivity index (χ2v) is 3.43. The van der Waals surface area contributed by atoms with Gasteiger partial charge >= 0.3 is 0 Å². The molecule has 0 spiro atoms. The molecule has 0 aliphatic carbocycles. The van der Waals surface area contributed by atoms with E-state index in [1.165, 1.54) is 0 Å². The van der Waals surface area contributed by atoms with Crippen molar-refractivity contribution in [2.45, 2.75) is 13.0 Å². The zero-order valence-electron chi connectivity index (χ0n) is 8.77. The van der Waals surface area contributed by atoms with Crippen molar-refractivity contribution >= 4 is 10.9 Å². The number of hydrogen-bond donors (Lipinski definition) is 1. The Morgan fingerprint density at radius 2 is 2.13 bits per heavy atom. The SMILES string of the molecule is COc1ccc2cccnc2c1C(C)O. The van der Waals surface area contributed by atoms with E-state index in [2.05, 4.69) is 4.98 Å². The quantitative estimate of drug-likeness (QED) is 0.814. The Balaban J connectivity index is 2.79. The number of rotatable bonds is 2. The summed E-state index contributed by atoms with van der Waals surface area (Å²) in [6, 6.07) is 7.63. The topological polar surface area (TPSA) is 42.4 Å². The molecule has 0 aliphatic heterocycles. The normalized spacial score (nSPS) is 12.7. The molecule has 1 N–H and O–H groups in total. The number of methoxy groups -OCH3 is 1. The standard InChI is InChI=1S/C12H13NO2/c1-8(14)11-10(15-2)6-5-9-4-3-7-13-12(9)11/h3-8,14H,1-2H3. The highest BCUT2D eigenvalue weighted by molar-refractivity contribution is 5.84. The molecule has 1 unspecified atom stereocenters. The van der Waals surface area contributed by atoms with Gasteiger partial charge in [-0.1, -0.05) is 6.07 Å². The fraction of sp³-hybridized carbons (Fsp3) is 0.250. The Hall–Kier alpha value is -1.61. The molecule has 1 heterocycles. The zero-order chi connectivity index (χ0) is 10.8. The van der Waals surface area contributed by atoms with E-state index in [-0.39, 0.29) is 0 Å². The van der Waals surface area contributed by atoms with Crippen molar-refractivity contribution in [1.29, 1.82) is 0 Å². The summed E-state index contributed by atoms with van der Waals surface area (Å²) in [7, 11) is 1.59. The third kappa shape index (κ3) is 1.66. The molecule has 3 nitrogen and oxygen atoms in total. The Bertz CT molecular complexity index is 480. The first-order valence-corrected chi connectivity index (χ1v) is 4.83. The van der Waals surface area contributed by atoms with Crippen molar-refractivity contribution in [3.8, 4) is 5.75 Å². The Labute approximate surface area is 88.3 Å². The van der Waals surface area contributed by atoms with Gasteiger partial charge in [-0.05, 0) is 25.1 Å². The molecule has 15 heavy (non-hydrogen) atoms. The number of hydrogen-bond acceptors (Lipinski definition) is 3. The second-order valence-electron chi connectivity index (χ2n) is 3.43. The lowest BCUT2D eigenvalue weighted by Crippen LogP contribution is -1.98. The monoisotopic (exact) mass is 203 g/mol. The minimum atomic E-state index is -0.585. The molecule has 78 valence electrons. The van der Waals surface area contributed by atoms with Crippen molar-refractivity contribution in [3.63, 3.8) is 0 Å². The molecule has 0 fully saturated rings. The van der Waals surface area contributed by atoms with Gasteiger partial charge < -0.3 is 9.84 Å². The summed E-state index contributed by atoms with van der Waals surface area (Å²) in [5.41, 5.74) is 1.54. The average molecular weight is 203 g/mol. The van der Waals surface area contributed by atoms with Gasteiger partial charge in [0, 0.05) is 17.1 Å². The average Bonchev–Trinajstić information content (AvgIpc) is 2.27. The fourth-order valence-corrected chi connectivity index (χ4v) is 1.73. The van der Waals surface area contributed by atoms with Crippen LogP contribution < -0.4 is 4.74 Å². The minimum absolute atomic E-state index is 0.585.